The fraction of sp³-hybridized carbons (Fsp3) is 0.556. The van der Waals surface area contributed by atoms with Gasteiger partial charge >= 0.3 is 5.69 Å². The Hall–Kier alpha value is -1.32. The van der Waals surface area contributed by atoms with Gasteiger partial charge in [0.2, 0.25) is 0 Å². The van der Waals surface area contributed by atoms with E-state index < -0.39 is 0 Å². The maximum absolute atomic E-state index is 11.3. The molecule has 0 saturated heterocycles. The van der Waals surface area contributed by atoms with Gasteiger partial charge in [-0.2, -0.15) is 0 Å². The maximum atomic E-state index is 11.3. The lowest BCUT2D eigenvalue weighted by Crippen LogP contribution is -2.35. The minimum Gasteiger partial charge on any atom is -0.297 e. The van der Waals surface area contributed by atoms with Crippen LogP contribution in [0.1, 0.15) is 30.9 Å². The van der Waals surface area contributed by atoms with Crippen LogP contribution in [0, 0.1) is 6.92 Å². The molecular formula is C9H12N2O2. The molecule has 1 saturated carbocycles. The van der Waals surface area contributed by atoms with Crippen LogP contribution < -0.4 is 11.2 Å². The van der Waals surface area contributed by atoms with E-state index in [9.17, 15) is 9.59 Å². The van der Waals surface area contributed by atoms with Crippen molar-refractivity contribution >= 4 is 0 Å². The van der Waals surface area contributed by atoms with Crippen molar-refractivity contribution in [1.29, 1.82) is 0 Å². The van der Waals surface area contributed by atoms with Crippen LogP contribution in [-0.4, -0.2) is 9.55 Å². The molecule has 0 spiro atoms. The molecule has 0 radical (unpaired) electrons. The van der Waals surface area contributed by atoms with Crippen molar-refractivity contribution in [2.24, 2.45) is 0 Å². The predicted octanol–water partition coefficient (Wildman–Crippen LogP) is 0.570. The van der Waals surface area contributed by atoms with E-state index in [2.05, 4.69) is 4.98 Å². The van der Waals surface area contributed by atoms with Gasteiger partial charge in [-0.05, 0) is 26.2 Å². The monoisotopic (exact) mass is 180 g/mol. The van der Waals surface area contributed by atoms with Crippen LogP contribution >= 0.6 is 0 Å². The fourth-order valence-corrected chi connectivity index (χ4v) is 1.52. The second kappa shape index (κ2) is 2.87. The number of aromatic amines is 1. The van der Waals surface area contributed by atoms with Crippen LogP contribution in [0.2, 0.25) is 0 Å². The number of rotatable bonds is 1. The van der Waals surface area contributed by atoms with Crippen molar-refractivity contribution in [3.63, 3.8) is 0 Å². The SMILES string of the molecule is Cc1cn(C2CCC2)c(=O)[nH]c1=O. The molecule has 0 atom stereocenters. The van der Waals surface area contributed by atoms with E-state index in [1.54, 1.807) is 17.7 Å². The molecule has 0 bridgehead atoms. The molecule has 70 valence electrons. The van der Waals surface area contributed by atoms with Crippen LogP contribution in [-0.2, 0) is 0 Å². The minimum absolute atomic E-state index is 0.277. The first-order valence-corrected chi connectivity index (χ1v) is 4.50. The van der Waals surface area contributed by atoms with Gasteiger partial charge in [0.15, 0.2) is 0 Å². The third kappa shape index (κ3) is 1.32. The van der Waals surface area contributed by atoms with Gasteiger partial charge in [-0.15, -0.1) is 0 Å². The summed E-state index contributed by atoms with van der Waals surface area (Å²) < 4.78 is 1.64. The summed E-state index contributed by atoms with van der Waals surface area (Å²) in [6, 6.07) is 0.308. The average Bonchev–Trinajstić information content (AvgIpc) is 1.96. The standard InChI is InChI=1S/C9H12N2O2/c1-6-5-11(7-3-2-4-7)9(13)10-8(6)12/h5,7H,2-4H2,1H3,(H,10,12,13). The van der Waals surface area contributed by atoms with Crippen molar-refractivity contribution in [2.75, 3.05) is 0 Å². The van der Waals surface area contributed by atoms with Crippen molar-refractivity contribution in [3.05, 3.63) is 32.6 Å². The highest BCUT2D eigenvalue weighted by Gasteiger charge is 2.20. The molecule has 1 aliphatic rings. The minimum atomic E-state index is -0.277. The number of aryl methyl sites for hydroxylation is 1. The van der Waals surface area contributed by atoms with Crippen LogP contribution in [0.5, 0.6) is 0 Å². The van der Waals surface area contributed by atoms with Gasteiger partial charge in [0.05, 0.1) is 0 Å². The number of aromatic nitrogens is 2. The quantitative estimate of drug-likeness (QED) is 0.687. The van der Waals surface area contributed by atoms with E-state index in [4.69, 9.17) is 0 Å². The van der Waals surface area contributed by atoms with E-state index in [1.807, 2.05) is 0 Å². The van der Waals surface area contributed by atoms with Gasteiger partial charge in [-0.25, -0.2) is 4.79 Å². The summed E-state index contributed by atoms with van der Waals surface area (Å²) in [5, 5.41) is 0. The highest BCUT2D eigenvalue weighted by molar-refractivity contribution is 5.02. The topological polar surface area (TPSA) is 54.9 Å². The number of hydrogen-bond donors (Lipinski definition) is 1. The summed E-state index contributed by atoms with van der Waals surface area (Å²) >= 11 is 0. The molecule has 13 heavy (non-hydrogen) atoms. The molecule has 1 aliphatic carbocycles. The second-order valence-corrected chi connectivity index (χ2v) is 3.56. The van der Waals surface area contributed by atoms with E-state index in [-0.39, 0.29) is 11.2 Å². The Morgan fingerprint density at radius 1 is 1.46 bits per heavy atom. The molecule has 0 aromatic carbocycles. The van der Waals surface area contributed by atoms with E-state index in [0.717, 1.165) is 12.8 Å². The summed E-state index contributed by atoms with van der Waals surface area (Å²) in [6.45, 7) is 1.72. The summed E-state index contributed by atoms with van der Waals surface area (Å²) in [4.78, 5) is 24.7. The van der Waals surface area contributed by atoms with Crippen molar-refractivity contribution in [3.8, 4) is 0 Å². The first-order chi connectivity index (χ1) is 6.18. The molecule has 1 fully saturated rings. The smallest absolute Gasteiger partial charge is 0.297 e. The third-order valence-electron chi connectivity index (χ3n) is 2.61. The zero-order chi connectivity index (χ0) is 9.42. The molecule has 1 aromatic rings. The Morgan fingerprint density at radius 2 is 2.15 bits per heavy atom. The van der Waals surface area contributed by atoms with Crippen molar-refractivity contribution < 1.29 is 0 Å². The number of hydrogen-bond acceptors (Lipinski definition) is 2. The molecule has 4 heteroatoms. The van der Waals surface area contributed by atoms with Gasteiger partial charge in [0.1, 0.15) is 0 Å². The zero-order valence-corrected chi connectivity index (χ0v) is 7.54. The lowest BCUT2D eigenvalue weighted by atomic mass is 9.93. The molecule has 0 amide bonds. The fourth-order valence-electron chi connectivity index (χ4n) is 1.52. The summed E-state index contributed by atoms with van der Waals surface area (Å²) in [7, 11) is 0. The molecule has 4 nitrogen and oxygen atoms in total. The largest absolute Gasteiger partial charge is 0.328 e. The first-order valence-electron chi connectivity index (χ1n) is 4.50. The van der Waals surface area contributed by atoms with Gasteiger partial charge in [-0.3, -0.25) is 14.3 Å². The summed E-state index contributed by atoms with van der Waals surface area (Å²) in [5.41, 5.74) is 0.0485. The lowest BCUT2D eigenvalue weighted by Gasteiger charge is -2.27. The number of nitrogens with one attached hydrogen (secondary N) is 1. The van der Waals surface area contributed by atoms with Crippen molar-refractivity contribution in [2.45, 2.75) is 32.2 Å². The lowest BCUT2D eigenvalue weighted by molar-refractivity contribution is 0.301. The van der Waals surface area contributed by atoms with Gasteiger partial charge < -0.3 is 0 Å². The number of H-pyrrole nitrogens is 1. The zero-order valence-electron chi connectivity index (χ0n) is 7.54. The Kier molecular flexibility index (Phi) is 1.83. The maximum Gasteiger partial charge on any atom is 0.328 e. The van der Waals surface area contributed by atoms with Crippen LogP contribution in [0.4, 0.5) is 0 Å². The van der Waals surface area contributed by atoms with Crippen LogP contribution in [0.3, 0.4) is 0 Å². The van der Waals surface area contributed by atoms with Gasteiger partial charge in [-0.1, -0.05) is 0 Å². The molecule has 0 aliphatic heterocycles. The Morgan fingerprint density at radius 3 is 2.69 bits per heavy atom. The molecule has 0 unspecified atom stereocenters. The summed E-state index contributed by atoms with van der Waals surface area (Å²) in [5.74, 6) is 0. The van der Waals surface area contributed by atoms with Crippen LogP contribution in [0.15, 0.2) is 15.8 Å². The Balaban J connectivity index is 2.51. The third-order valence-corrected chi connectivity index (χ3v) is 2.61. The average molecular weight is 180 g/mol. The highest BCUT2D eigenvalue weighted by atomic mass is 16.2. The molecular weight excluding hydrogens is 168 g/mol. The molecule has 2 rings (SSSR count). The second-order valence-electron chi connectivity index (χ2n) is 3.56. The molecule has 1 aromatic heterocycles. The highest BCUT2D eigenvalue weighted by Crippen LogP contribution is 2.29. The van der Waals surface area contributed by atoms with E-state index >= 15 is 0 Å². The molecule has 1 N–H and O–H groups in total. The predicted molar refractivity (Wildman–Crippen MR) is 48.9 cm³/mol. The Bertz CT molecular complexity index is 426. The Labute approximate surface area is 75.2 Å². The normalized spacial score (nSPS) is 17.0. The number of nitrogens with zero attached hydrogens (tertiary/aromatic N) is 1. The van der Waals surface area contributed by atoms with Gasteiger partial charge in [0.25, 0.3) is 5.56 Å². The van der Waals surface area contributed by atoms with Crippen molar-refractivity contribution in [1.82, 2.24) is 9.55 Å². The summed E-state index contributed by atoms with van der Waals surface area (Å²) in [6.07, 6.45) is 4.93. The van der Waals surface area contributed by atoms with Crippen LogP contribution in [0.25, 0.3) is 0 Å². The molecule has 1 heterocycles. The van der Waals surface area contributed by atoms with E-state index in [1.165, 1.54) is 6.42 Å². The van der Waals surface area contributed by atoms with Gasteiger partial charge in [0, 0.05) is 17.8 Å². The van der Waals surface area contributed by atoms with E-state index in [0.29, 0.717) is 11.6 Å². The first kappa shape index (κ1) is 8.29.